The molecule has 0 N–H and O–H groups in total. The molecule has 9 heavy (non-hydrogen) atoms. The average molecular weight is 293 g/mol. The molecule has 1 radical (unpaired) electrons. The van der Waals surface area contributed by atoms with Crippen LogP contribution >= 0.6 is 0 Å². The van der Waals surface area contributed by atoms with Gasteiger partial charge >= 0.3 is 5.97 Å². The van der Waals surface area contributed by atoms with Gasteiger partial charge in [0.2, 0.25) is 0 Å². The van der Waals surface area contributed by atoms with E-state index >= 15 is 0 Å². The Kier molecular flexibility index (Phi) is 21.2. The van der Waals surface area contributed by atoms with E-state index in [1.807, 2.05) is 0 Å². The number of hydrogen-bond donors (Lipinski definition) is 0. The molecular weight excluding hydrogens is 284 g/mol. The molecule has 0 atom stereocenters. The van der Waals surface area contributed by atoms with E-state index in [4.69, 9.17) is 0 Å². The molecule has 0 saturated carbocycles. The Morgan fingerprint density at radius 3 is 2.22 bits per heavy atom. The van der Waals surface area contributed by atoms with Crippen molar-refractivity contribution in [2.24, 2.45) is 0 Å². The number of rotatable bonds is 2. The first kappa shape index (κ1) is 16.4. The summed E-state index contributed by atoms with van der Waals surface area (Å²) in [6.45, 7) is 5.55. The van der Waals surface area contributed by atoms with Crippen LogP contribution in [0.4, 0.5) is 0 Å². The van der Waals surface area contributed by atoms with Crippen molar-refractivity contribution in [3.8, 4) is 0 Å². The Morgan fingerprint density at radius 1 is 1.67 bits per heavy atom. The number of carbonyl (C=O) groups is 1. The van der Waals surface area contributed by atoms with E-state index in [0.717, 1.165) is 0 Å². The zero-order valence-corrected chi connectivity index (χ0v) is 10.6. The Bertz CT molecular complexity index is 68.0. The standard InChI is InChI=1S/C5H9O2.HI.Zn/c1-3-5(6)7-4-2;;/h1,3-4H2,2H3;1H;/p-1. The van der Waals surface area contributed by atoms with Crippen LogP contribution in [0.3, 0.4) is 0 Å². The van der Waals surface area contributed by atoms with Crippen molar-refractivity contribution >= 4 is 5.97 Å². The van der Waals surface area contributed by atoms with E-state index in [2.05, 4.69) is 11.7 Å². The first-order chi connectivity index (χ1) is 3.31. The van der Waals surface area contributed by atoms with Gasteiger partial charge in [0.15, 0.2) is 0 Å². The second-order valence-corrected chi connectivity index (χ2v) is 1.06. The number of hydrogen-bond acceptors (Lipinski definition) is 2. The Hall–Kier alpha value is 0.823. The van der Waals surface area contributed by atoms with Crippen LogP contribution in [-0.2, 0) is 29.0 Å². The van der Waals surface area contributed by atoms with Gasteiger partial charge in [-0.05, 0) is 13.8 Å². The smallest absolute Gasteiger partial charge is 0.305 e. The molecule has 0 aromatic carbocycles. The molecule has 4 heteroatoms. The third-order valence-corrected chi connectivity index (χ3v) is 0.509. The van der Waals surface area contributed by atoms with Crippen LogP contribution in [0.15, 0.2) is 0 Å². The van der Waals surface area contributed by atoms with Crippen molar-refractivity contribution in [2.75, 3.05) is 6.61 Å². The van der Waals surface area contributed by atoms with Gasteiger partial charge in [0.05, 0.1) is 6.61 Å². The molecule has 0 aliphatic rings. The summed E-state index contributed by atoms with van der Waals surface area (Å²) >= 11 is 0. The maximum atomic E-state index is 10.1. The van der Waals surface area contributed by atoms with Crippen LogP contribution < -0.4 is 24.0 Å². The largest absolute Gasteiger partial charge is 1.00 e. The molecule has 0 aliphatic heterocycles. The van der Waals surface area contributed by atoms with Gasteiger partial charge in [-0.1, -0.05) is 0 Å². The molecule has 2 nitrogen and oxygen atoms in total. The molecule has 0 bridgehead atoms. The number of esters is 1. The van der Waals surface area contributed by atoms with E-state index in [-0.39, 0.29) is 55.8 Å². The Labute approximate surface area is 85.5 Å². The molecule has 0 spiro atoms. The predicted octanol–water partition coefficient (Wildman–Crippen LogP) is -2.22. The zero-order chi connectivity index (χ0) is 5.70. The van der Waals surface area contributed by atoms with E-state index in [1.165, 1.54) is 0 Å². The number of halogens is 1. The summed E-state index contributed by atoms with van der Waals surface area (Å²) in [5, 5.41) is 0. The topological polar surface area (TPSA) is 26.3 Å². The van der Waals surface area contributed by atoms with Crippen LogP contribution in [0.25, 0.3) is 0 Å². The second kappa shape index (κ2) is 11.6. The van der Waals surface area contributed by atoms with Gasteiger partial charge in [0.25, 0.3) is 0 Å². The van der Waals surface area contributed by atoms with Crippen molar-refractivity contribution in [3.63, 3.8) is 0 Å². The maximum Gasteiger partial charge on any atom is 0.305 e. The third kappa shape index (κ3) is 12.1. The van der Waals surface area contributed by atoms with Crippen molar-refractivity contribution in [2.45, 2.75) is 13.3 Å². The summed E-state index contributed by atoms with van der Waals surface area (Å²) in [7, 11) is 0. The summed E-state index contributed by atoms with van der Waals surface area (Å²) in [4.78, 5) is 10.1. The van der Waals surface area contributed by atoms with Gasteiger partial charge in [0.1, 0.15) is 0 Å². The Balaban J connectivity index is -0.000000180. The minimum Gasteiger partial charge on any atom is -1.00 e. The van der Waals surface area contributed by atoms with Gasteiger partial charge in [0, 0.05) is 25.9 Å². The van der Waals surface area contributed by atoms with Gasteiger partial charge < -0.3 is 28.7 Å². The summed E-state index contributed by atoms with van der Waals surface area (Å²) in [6.07, 6.45) is 0.230. The summed E-state index contributed by atoms with van der Waals surface area (Å²) in [5.41, 5.74) is 0. The summed E-state index contributed by atoms with van der Waals surface area (Å²) < 4.78 is 4.49. The van der Waals surface area contributed by atoms with E-state index < -0.39 is 0 Å². The molecule has 0 aliphatic carbocycles. The molecule has 0 aromatic heterocycles. The van der Waals surface area contributed by atoms with Crippen LogP contribution in [-0.4, -0.2) is 12.6 Å². The average Bonchev–Trinajstić information content (AvgIpc) is 1.68. The maximum absolute atomic E-state index is 10.1. The summed E-state index contributed by atoms with van der Waals surface area (Å²) in [5.74, 6) is -0.234. The predicted molar refractivity (Wildman–Crippen MR) is 26.6 cm³/mol. The molecular formula is C5H9IO2Zn-. The van der Waals surface area contributed by atoms with E-state index in [9.17, 15) is 4.79 Å². The van der Waals surface area contributed by atoms with Crippen LogP contribution in [0.5, 0.6) is 0 Å². The fraction of sp³-hybridized carbons (Fsp3) is 0.600. The van der Waals surface area contributed by atoms with Crippen molar-refractivity contribution in [1.82, 2.24) is 0 Å². The quantitative estimate of drug-likeness (QED) is 0.327. The second-order valence-electron chi connectivity index (χ2n) is 1.06. The SMILES string of the molecule is [CH2]CC(=O)OCC.[I-].[Zn]. The molecule has 0 saturated heterocycles. The molecule has 0 aromatic rings. The monoisotopic (exact) mass is 292 g/mol. The van der Waals surface area contributed by atoms with Crippen LogP contribution in [0.1, 0.15) is 13.3 Å². The molecule has 0 heterocycles. The molecule has 0 fully saturated rings. The van der Waals surface area contributed by atoms with Gasteiger partial charge in [-0.25, -0.2) is 0 Å². The van der Waals surface area contributed by atoms with Gasteiger partial charge in [-0.15, -0.1) is 0 Å². The fourth-order valence-corrected chi connectivity index (χ4v) is 0.233. The van der Waals surface area contributed by atoms with Crippen molar-refractivity contribution < 1.29 is 53.0 Å². The third-order valence-electron chi connectivity index (χ3n) is 0.509. The van der Waals surface area contributed by atoms with Crippen molar-refractivity contribution in [3.05, 3.63) is 6.92 Å². The van der Waals surface area contributed by atoms with Crippen molar-refractivity contribution in [1.29, 1.82) is 0 Å². The molecule has 0 unspecified atom stereocenters. The van der Waals surface area contributed by atoms with Gasteiger partial charge in [-0.2, -0.15) is 0 Å². The fourth-order valence-electron chi connectivity index (χ4n) is 0.233. The van der Waals surface area contributed by atoms with Gasteiger partial charge in [-0.3, -0.25) is 4.79 Å². The van der Waals surface area contributed by atoms with E-state index in [0.29, 0.717) is 6.61 Å². The zero-order valence-electron chi connectivity index (χ0n) is 5.52. The number of ether oxygens (including phenoxy) is 1. The molecule has 0 rings (SSSR count). The minimum atomic E-state index is -0.234. The van der Waals surface area contributed by atoms with Crippen LogP contribution in [0, 0.1) is 6.92 Å². The molecule has 0 amide bonds. The first-order valence-electron chi connectivity index (χ1n) is 2.26. The normalized spacial score (nSPS) is 6.44. The van der Waals surface area contributed by atoms with E-state index in [1.54, 1.807) is 6.92 Å². The number of carbonyl (C=O) groups excluding carboxylic acids is 1. The van der Waals surface area contributed by atoms with Crippen LogP contribution in [0.2, 0.25) is 0 Å². The Morgan fingerprint density at radius 2 is 2.11 bits per heavy atom. The first-order valence-corrected chi connectivity index (χ1v) is 2.26. The summed E-state index contributed by atoms with van der Waals surface area (Å²) in [6, 6.07) is 0. The minimum absolute atomic E-state index is 0. The molecule has 51 valence electrons.